The lowest BCUT2D eigenvalue weighted by Gasteiger charge is -2.40. The number of aryl methyl sites for hydroxylation is 1. The van der Waals surface area contributed by atoms with E-state index in [0.29, 0.717) is 54.9 Å². The number of carboxylic acids is 2. The van der Waals surface area contributed by atoms with E-state index in [4.69, 9.17) is 15.6 Å². The van der Waals surface area contributed by atoms with Crippen LogP contribution in [0.15, 0.2) is 35.8 Å². The van der Waals surface area contributed by atoms with Crippen molar-refractivity contribution in [1.82, 2.24) is 40.4 Å². The van der Waals surface area contributed by atoms with Crippen LogP contribution in [-0.2, 0) is 48.1 Å². The minimum atomic E-state index is -1.15. The van der Waals surface area contributed by atoms with E-state index >= 15 is 4.79 Å². The summed E-state index contributed by atoms with van der Waals surface area (Å²) in [6.07, 6.45) is 6.10. The number of likely N-dealkylation sites (N-methyl/N-ethyl adjacent to an activating group) is 1. The number of unbranched alkanes of at least 4 members (excludes halogenated alkanes) is 1. The van der Waals surface area contributed by atoms with Crippen molar-refractivity contribution in [1.29, 1.82) is 0 Å². The molecule has 0 spiro atoms. The molecule has 19 heteroatoms. The molecule has 0 saturated carbocycles. The number of nitrogens with two attached hydrogens (primary N) is 1. The number of aliphatic carboxylic acids is 2. The second-order valence-electron chi connectivity index (χ2n) is 18.4. The minimum absolute atomic E-state index is 0.0686. The van der Waals surface area contributed by atoms with Gasteiger partial charge in [-0.1, -0.05) is 57.9 Å². The van der Waals surface area contributed by atoms with Gasteiger partial charge in [0.2, 0.25) is 11.8 Å². The van der Waals surface area contributed by atoms with Crippen LogP contribution in [0.1, 0.15) is 133 Å². The summed E-state index contributed by atoms with van der Waals surface area (Å²) in [5.41, 5.74) is 6.86. The van der Waals surface area contributed by atoms with Crippen molar-refractivity contribution >= 4 is 52.7 Å². The number of nitrogen functional groups attached to an aromatic ring is 1. The Balaban J connectivity index is 1.63. The van der Waals surface area contributed by atoms with Gasteiger partial charge in [0, 0.05) is 49.2 Å². The molecular formula is C46H69N9O9S. The topological polar surface area (TPSA) is 252 Å². The van der Waals surface area contributed by atoms with Crippen molar-refractivity contribution < 1.29 is 43.7 Å². The summed E-state index contributed by atoms with van der Waals surface area (Å²) in [6, 6.07) is 4.86. The van der Waals surface area contributed by atoms with Crippen molar-refractivity contribution in [2.75, 3.05) is 25.9 Å². The molecule has 2 unspecified atom stereocenters. The van der Waals surface area contributed by atoms with Crippen molar-refractivity contribution in [2.24, 2.45) is 17.3 Å². The zero-order chi connectivity index (χ0) is 48.0. The normalized spacial score (nSPS) is 16.8. The second-order valence-corrected chi connectivity index (χ2v) is 19.3. The molecule has 1 aliphatic heterocycles. The maximum atomic E-state index is 15.1. The lowest BCUT2D eigenvalue weighted by Crippen LogP contribution is -2.59. The van der Waals surface area contributed by atoms with Crippen LogP contribution in [0.25, 0.3) is 0 Å². The third kappa shape index (κ3) is 15.6. The first-order chi connectivity index (χ1) is 30.7. The zero-order valence-corrected chi connectivity index (χ0v) is 39.9. The molecule has 1 saturated heterocycles. The van der Waals surface area contributed by atoms with Gasteiger partial charge in [-0.2, -0.15) is 0 Å². The number of likely N-dealkylation sites (tertiary alicyclic amines) is 1. The molecule has 18 nitrogen and oxygen atoms in total. The number of aromatic nitrogens is 4. The van der Waals surface area contributed by atoms with Crippen LogP contribution in [0.2, 0.25) is 0 Å². The Morgan fingerprint density at radius 2 is 1.75 bits per heavy atom. The Bertz CT molecular complexity index is 2070. The van der Waals surface area contributed by atoms with E-state index in [0.717, 1.165) is 36.3 Å². The number of carbonyl (C=O) groups excluding carboxylic acids is 4. The average Bonchev–Trinajstić information content (AvgIpc) is 3.92. The van der Waals surface area contributed by atoms with Gasteiger partial charge in [-0.3, -0.25) is 33.7 Å². The summed E-state index contributed by atoms with van der Waals surface area (Å²) >= 11 is 1.14. The summed E-state index contributed by atoms with van der Waals surface area (Å²) < 4.78 is 7.19. The molecule has 1 aromatic carbocycles. The smallest absolute Gasteiger partial charge is 0.325 e. The fraction of sp³-hybridized carbons (Fsp3) is 0.630. The second kappa shape index (κ2) is 24.2. The Morgan fingerprint density at radius 1 is 1.05 bits per heavy atom. The number of carboxylic acid groups (broad SMARTS) is 2. The van der Waals surface area contributed by atoms with Crippen LogP contribution >= 0.6 is 11.3 Å². The number of nitrogens with zero attached hydrogens (tertiary/aromatic N) is 6. The molecule has 2 aromatic heterocycles. The molecule has 3 aromatic rings. The van der Waals surface area contributed by atoms with E-state index < -0.39 is 53.5 Å². The summed E-state index contributed by atoms with van der Waals surface area (Å²) in [4.78, 5) is 87.3. The van der Waals surface area contributed by atoms with Gasteiger partial charge in [0.15, 0.2) is 6.10 Å². The first kappa shape index (κ1) is 52.2. The lowest BCUT2D eigenvalue weighted by molar-refractivity contribution is -0.150. The standard InChI is InChI=1S/C46H69N9O9S/c1-9-29(4)40(50-42(60)36-15-11-12-20-53(36)8)44(61)55(21-13-10-14-33-25-54(52-51-33)26-39(57)58)37(28(2)3)23-38(64-30(5)56)43-49-35(27-65-43)41(59)48-34(24-46(6,7)45(62)63)22-31-16-18-32(47)19-17-31/h16-19,25,27-29,34,36-38,40H,9-15,20-24,26,47H2,1-8H3,(H,48,59)(H,50,60)(H,57,58)(H,62,63)/t29-,34?,36?,37+,38+,40-/m0/s1. The fourth-order valence-corrected chi connectivity index (χ4v) is 9.05. The highest BCUT2D eigenvalue weighted by molar-refractivity contribution is 7.09. The number of hydrogen-bond donors (Lipinski definition) is 5. The van der Waals surface area contributed by atoms with Gasteiger partial charge in [-0.25, -0.2) is 9.67 Å². The van der Waals surface area contributed by atoms with Crippen LogP contribution in [-0.4, -0.2) is 120 Å². The molecule has 1 fully saturated rings. The van der Waals surface area contributed by atoms with Gasteiger partial charge in [-0.05, 0) is 102 Å². The average molecular weight is 924 g/mol. The SMILES string of the molecule is CC[C@H](C)[C@H](NC(=O)C1CCCCN1C)C(=O)N(CCCCc1cn(CC(=O)O)nn1)[C@H](C[C@@H](OC(C)=O)c1nc(C(=O)NC(Cc2ccc(N)cc2)CC(C)(C)C(=O)O)cs1)C(C)C. The summed E-state index contributed by atoms with van der Waals surface area (Å²) in [5.74, 6) is -3.96. The quantitative estimate of drug-likeness (QED) is 0.0420. The Labute approximate surface area is 386 Å². The molecule has 0 aliphatic carbocycles. The fourth-order valence-electron chi connectivity index (χ4n) is 8.21. The third-order valence-electron chi connectivity index (χ3n) is 12.2. The van der Waals surface area contributed by atoms with Crippen LogP contribution in [0, 0.1) is 17.3 Å². The van der Waals surface area contributed by atoms with Gasteiger partial charge >= 0.3 is 17.9 Å². The van der Waals surface area contributed by atoms with Crippen molar-refractivity contribution in [3.63, 3.8) is 0 Å². The first-order valence-corrected chi connectivity index (χ1v) is 23.5. The number of piperidine rings is 1. The van der Waals surface area contributed by atoms with Crippen LogP contribution in [0.3, 0.4) is 0 Å². The van der Waals surface area contributed by atoms with Crippen LogP contribution in [0.4, 0.5) is 5.69 Å². The van der Waals surface area contributed by atoms with E-state index in [2.05, 4.69) is 25.9 Å². The third-order valence-corrected chi connectivity index (χ3v) is 13.1. The minimum Gasteiger partial charge on any atom is -0.481 e. The highest BCUT2D eigenvalue weighted by Crippen LogP contribution is 2.32. The maximum Gasteiger partial charge on any atom is 0.325 e. The molecule has 65 heavy (non-hydrogen) atoms. The van der Waals surface area contributed by atoms with Gasteiger partial charge in [0.05, 0.1) is 17.2 Å². The Morgan fingerprint density at radius 3 is 2.37 bits per heavy atom. The van der Waals surface area contributed by atoms with Gasteiger partial charge < -0.3 is 36.2 Å². The number of esters is 1. The molecule has 6 N–H and O–H groups in total. The van der Waals surface area contributed by atoms with E-state index in [-0.39, 0.29) is 61.3 Å². The van der Waals surface area contributed by atoms with E-state index in [1.54, 1.807) is 42.5 Å². The van der Waals surface area contributed by atoms with Crippen LogP contribution < -0.4 is 16.4 Å². The Hall–Kier alpha value is -5.43. The van der Waals surface area contributed by atoms with E-state index in [9.17, 15) is 29.1 Å². The number of hydrogen-bond acceptors (Lipinski definition) is 13. The Kier molecular flexibility index (Phi) is 19.4. The van der Waals surface area contributed by atoms with Gasteiger partial charge in [-0.15, -0.1) is 16.4 Å². The molecule has 3 heterocycles. The monoisotopic (exact) mass is 923 g/mol. The summed E-state index contributed by atoms with van der Waals surface area (Å²) in [5, 5.41) is 35.2. The molecule has 0 radical (unpaired) electrons. The van der Waals surface area contributed by atoms with Crippen LogP contribution in [0.5, 0.6) is 0 Å². The van der Waals surface area contributed by atoms with Crippen molar-refractivity contribution in [2.45, 2.75) is 149 Å². The van der Waals surface area contributed by atoms with E-state index in [1.165, 1.54) is 11.6 Å². The number of anilines is 1. The predicted molar refractivity (Wildman–Crippen MR) is 246 cm³/mol. The maximum absolute atomic E-state index is 15.1. The molecular weight excluding hydrogens is 855 g/mol. The molecule has 1 aliphatic rings. The number of nitrogens with one attached hydrogen (secondary N) is 2. The summed E-state index contributed by atoms with van der Waals surface area (Å²) in [7, 11) is 1.92. The molecule has 4 rings (SSSR count). The number of benzene rings is 1. The molecule has 0 bridgehead atoms. The predicted octanol–water partition coefficient (Wildman–Crippen LogP) is 5.13. The number of amides is 3. The number of carbonyl (C=O) groups is 6. The largest absolute Gasteiger partial charge is 0.481 e. The number of rotatable bonds is 25. The number of thiazole rings is 1. The highest BCUT2D eigenvalue weighted by Gasteiger charge is 2.39. The summed E-state index contributed by atoms with van der Waals surface area (Å²) in [6.45, 7) is 13.1. The molecule has 3 amide bonds. The number of ether oxygens (including phenoxy) is 1. The van der Waals surface area contributed by atoms with E-state index in [1.807, 2.05) is 51.8 Å². The van der Waals surface area contributed by atoms with Crippen molar-refractivity contribution in [3.8, 4) is 0 Å². The molecule has 358 valence electrons. The van der Waals surface area contributed by atoms with Crippen molar-refractivity contribution in [3.05, 3.63) is 57.8 Å². The first-order valence-electron chi connectivity index (χ1n) is 22.6. The van der Waals surface area contributed by atoms with Gasteiger partial charge in [0.1, 0.15) is 23.3 Å². The highest BCUT2D eigenvalue weighted by atomic mass is 32.1. The molecule has 6 atom stereocenters. The van der Waals surface area contributed by atoms with Gasteiger partial charge in [0.25, 0.3) is 5.91 Å². The lowest BCUT2D eigenvalue weighted by atomic mass is 9.84. The zero-order valence-electron chi connectivity index (χ0n) is 39.1.